The molecule has 3 nitrogen and oxygen atoms in total. The van der Waals surface area contributed by atoms with Gasteiger partial charge in [-0.05, 0) is 35.4 Å². The van der Waals surface area contributed by atoms with E-state index in [0.29, 0.717) is 18.2 Å². The second-order valence-corrected chi connectivity index (χ2v) is 7.29. The van der Waals surface area contributed by atoms with Gasteiger partial charge in [-0.25, -0.2) is 39.9 Å². The Kier molecular flexibility index (Phi) is 4.94. The molecule has 0 saturated heterocycles. The summed E-state index contributed by atoms with van der Waals surface area (Å²) in [6.45, 7) is 0. The van der Waals surface area contributed by atoms with Crippen molar-refractivity contribution in [2.75, 3.05) is 0 Å². The van der Waals surface area contributed by atoms with Crippen LogP contribution in [0.2, 0.25) is 0 Å². The highest BCUT2D eigenvalue weighted by Crippen LogP contribution is 2.39. The molecule has 0 bridgehead atoms. The van der Waals surface area contributed by atoms with Gasteiger partial charge in [0.15, 0.2) is 23.3 Å². The first-order chi connectivity index (χ1) is 13.0. The number of primary sulfonamides is 1. The van der Waals surface area contributed by atoms with Gasteiger partial charge in [0.1, 0.15) is 11.6 Å². The Morgan fingerprint density at radius 3 is 1.46 bits per heavy atom. The lowest BCUT2D eigenvalue weighted by Gasteiger charge is -2.15. The van der Waals surface area contributed by atoms with E-state index in [2.05, 4.69) is 0 Å². The quantitative estimate of drug-likeness (QED) is 0.388. The van der Waals surface area contributed by atoms with Gasteiger partial charge in [0, 0.05) is 17.2 Å². The Morgan fingerprint density at radius 2 is 1.04 bits per heavy atom. The minimum absolute atomic E-state index is 0.276. The predicted octanol–water partition coefficient (Wildman–Crippen LogP) is 4.50. The lowest BCUT2D eigenvalue weighted by molar-refractivity contribution is 0.412. The second-order valence-electron chi connectivity index (χ2n) is 5.73. The van der Waals surface area contributed by atoms with Crippen molar-refractivity contribution in [3.63, 3.8) is 0 Å². The van der Waals surface area contributed by atoms with Crippen molar-refractivity contribution in [2.45, 2.75) is 4.90 Å². The van der Waals surface area contributed by atoms with Crippen LogP contribution in [-0.2, 0) is 10.0 Å². The summed E-state index contributed by atoms with van der Waals surface area (Å²) < 4.78 is 106. The Balaban J connectivity index is 2.37. The average molecular weight is 417 g/mol. The summed E-state index contributed by atoms with van der Waals surface area (Å²) in [5.74, 6) is -10.3. The summed E-state index contributed by atoms with van der Waals surface area (Å²) in [6, 6.07) is 5.47. The summed E-state index contributed by atoms with van der Waals surface area (Å²) in [4.78, 5) is -0.377. The van der Waals surface area contributed by atoms with Crippen molar-refractivity contribution in [3.05, 3.63) is 77.4 Å². The van der Waals surface area contributed by atoms with Crippen LogP contribution in [-0.4, -0.2) is 8.42 Å². The summed E-state index contributed by atoms with van der Waals surface area (Å²) >= 11 is 0. The smallest absolute Gasteiger partial charge is 0.225 e. The van der Waals surface area contributed by atoms with Crippen molar-refractivity contribution >= 4 is 10.0 Å². The van der Waals surface area contributed by atoms with Gasteiger partial charge < -0.3 is 0 Å². The molecular formula is C18H9F6NO2S. The standard InChI is InChI=1S/C18H9F6NO2S/c19-10-5-9(6-11(20)7-10)14-13(15(21)17(23)18(24)16(14)22)8-1-3-12(4-2-8)28(25,26)27/h1-7H,(H2,25,26,27). The Labute approximate surface area is 155 Å². The first-order valence-electron chi connectivity index (χ1n) is 7.46. The zero-order valence-electron chi connectivity index (χ0n) is 13.6. The monoisotopic (exact) mass is 417 g/mol. The fourth-order valence-electron chi connectivity index (χ4n) is 2.68. The lowest BCUT2D eigenvalue weighted by atomic mass is 9.93. The van der Waals surface area contributed by atoms with Crippen molar-refractivity contribution < 1.29 is 34.8 Å². The minimum atomic E-state index is -4.11. The summed E-state index contributed by atoms with van der Waals surface area (Å²) in [5.41, 5.74) is -2.64. The molecule has 10 heteroatoms. The maximum atomic E-state index is 14.5. The molecule has 0 fully saturated rings. The third-order valence-electron chi connectivity index (χ3n) is 3.89. The van der Waals surface area contributed by atoms with E-state index in [1.807, 2.05) is 0 Å². The average Bonchev–Trinajstić information content (AvgIpc) is 2.61. The normalized spacial score (nSPS) is 11.7. The van der Waals surface area contributed by atoms with Crippen LogP contribution in [0.3, 0.4) is 0 Å². The molecule has 0 aliphatic heterocycles. The number of hydrogen-bond acceptors (Lipinski definition) is 2. The van der Waals surface area contributed by atoms with Crippen LogP contribution < -0.4 is 5.14 Å². The summed E-state index contributed by atoms with van der Waals surface area (Å²) in [5, 5.41) is 4.94. The van der Waals surface area contributed by atoms with Crippen molar-refractivity contribution in [1.29, 1.82) is 0 Å². The molecule has 0 saturated carbocycles. The van der Waals surface area contributed by atoms with E-state index in [4.69, 9.17) is 5.14 Å². The lowest BCUT2D eigenvalue weighted by Crippen LogP contribution is -2.11. The molecule has 0 heterocycles. The highest BCUT2D eigenvalue weighted by atomic mass is 32.2. The van der Waals surface area contributed by atoms with Gasteiger partial charge in [-0.1, -0.05) is 12.1 Å². The topological polar surface area (TPSA) is 60.2 Å². The fraction of sp³-hybridized carbons (Fsp3) is 0. The molecule has 0 aliphatic carbocycles. The molecule has 2 N–H and O–H groups in total. The molecular weight excluding hydrogens is 408 g/mol. The number of hydrogen-bond donors (Lipinski definition) is 1. The molecule has 3 aromatic rings. The first kappa shape index (κ1) is 19.9. The van der Waals surface area contributed by atoms with Crippen LogP contribution in [0, 0.1) is 34.9 Å². The maximum absolute atomic E-state index is 14.5. The van der Waals surface area contributed by atoms with E-state index < -0.39 is 61.6 Å². The van der Waals surface area contributed by atoms with E-state index in [9.17, 15) is 34.8 Å². The molecule has 0 unspecified atom stereocenters. The molecule has 0 aliphatic rings. The Morgan fingerprint density at radius 1 is 0.607 bits per heavy atom. The van der Waals surface area contributed by atoms with Crippen LogP contribution in [0.5, 0.6) is 0 Å². The third kappa shape index (κ3) is 3.48. The molecule has 28 heavy (non-hydrogen) atoms. The molecule has 146 valence electrons. The number of rotatable bonds is 3. The first-order valence-corrected chi connectivity index (χ1v) is 9.01. The van der Waals surface area contributed by atoms with Crippen LogP contribution >= 0.6 is 0 Å². The van der Waals surface area contributed by atoms with Gasteiger partial charge in [-0.3, -0.25) is 0 Å². The number of sulfonamides is 1. The molecule has 0 amide bonds. The van der Waals surface area contributed by atoms with E-state index in [1.165, 1.54) is 0 Å². The Bertz CT molecular complexity index is 1170. The highest BCUT2D eigenvalue weighted by Gasteiger charge is 2.27. The van der Waals surface area contributed by atoms with Crippen LogP contribution in [0.25, 0.3) is 22.3 Å². The van der Waals surface area contributed by atoms with Crippen LogP contribution in [0.1, 0.15) is 0 Å². The molecule has 0 spiro atoms. The molecule has 0 atom stereocenters. The number of benzene rings is 3. The van der Waals surface area contributed by atoms with Crippen molar-refractivity contribution in [3.8, 4) is 22.3 Å². The fourth-order valence-corrected chi connectivity index (χ4v) is 3.20. The zero-order valence-corrected chi connectivity index (χ0v) is 14.4. The van der Waals surface area contributed by atoms with Crippen molar-refractivity contribution in [1.82, 2.24) is 0 Å². The molecule has 3 aromatic carbocycles. The van der Waals surface area contributed by atoms with Gasteiger partial charge in [0.2, 0.25) is 10.0 Å². The maximum Gasteiger partial charge on any atom is 0.238 e. The summed E-state index contributed by atoms with van der Waals surface area (Å²) in [7, 11) is -4.11. The molecule has 0 aromatic heterocycles. The molecule has 3 rings (SSSR count). The predicted molar refractivity (Wildman–Crippen MR) is 88.4 cm³/mol. The van der Waals surface area contributed by atoms with Gasteiger partial charge in [-0.2, -0.15) is 0 Å². The number of nitrogens with two attached hydrogens (primary N) is 1. The van der Waals surface area contributed by atoms with E-state index in [0.717, 1.165) is 24.3 Å². The second kappa shape index (κ2) is 6.95. The highest BCUT2D eigenvalue weighted by molar-refractivity contribution is 7.89. The summed E-state index contributed by atoms with van der Waals surface area (Å²) in [6.07, 6.45) is 0. The SMILES string of the molecule is NS(=O)(=O)c1ccc(-c2c(F)c(F)c(F)c(F)c2-c2cc(F)cc(F)c2)cc1. The van der Waals surface area contributed by atoms with E-state index >= 15 is 0 Å². The van der Waals surface area contributed by atoms with Gasteiger partial charge in [0.25, 0.3) is 0 Å². The van der Waals surface area contributed by atoms with E-state index in [1.54, 1.807) is 0 Å². The van der Waals surface area contributed by atoms with Gasteiger partial charge >= 0.3 is 0 Å². The van der Waals surface area contributed by atoms with Gasteiger partial charge in [-0.15, -0.1) is 0 Å². The largest absolute Gasteiger partial charge is 0.238 e. The number of halogens is 6. The van der Waals surface area contributed by atoms with Gasteiger partial charge in [0.05, 0.1) is 4.90 Å². The zero-order chi connectivity index (χ0) is 20.8. The van der Waals surface area contributed by atoms with Crippen molar-refractivity contribution in [2.24, 2.45) is 5.14 Å². The van der Waals surface area contributed by atoms with Crippen LogP contribution in [0.4, 0.5) is 26.3 Å². The Hall–Kier alpha value is -2.85. The third-order valence-corrected chi connectivity index (χ3v) is 4.82. The minimum Gasteiger partial charge on any atom is -0.225 e. The van der Waals surface area contributed by atoms with E-state index in [-0.39, 0.29) is 10.5 Å². The molecule has 0 radical (unpaired) electrons. The van der Waals surface area contributed by atoms with Crippen LogP contribution in [0.15, 0.2) is 47.4 Å².